The number of methoxy groups -OCH3 is 1. The van der Waals surface area contributed by atoms with E-state index in [1.165, 1.54) is 23.5 Å². The normalized spacial score (nSPS) is 20.9. The summed E-state index contributed by atoms with van der Waals surface area (Å²) in [7, 11) is -2.47. The molecule has 0 spiro atoms. The topological polar surface area (TPSA) is 72.6 Å². The molecule has 5 nitrogen and oxygen atoms in total. The summed E-state index contributed by atoms with van der Waals surface area (Å²) in [6.07, 6.45) is 0. The molecule has 1 aliphatic heterocycles. The van der Waals surface area contributed by atoms with Crippen molar-refractivity contribution < 1.29 is 17.5 Å². The first-order chi connectivity index (χ1) is 11.4. The molecule has 1 fully saturated rings. The maximum atomic E-state index is 13.9. The van der Waals surface area contributed by atoms with Crippen molar-refractivity contribution in [2.45, 2.75) is 16.9 Å². The molecule has 0 aliphatic carbocycles. The molecule has 1 aliphatic rings. The molecule has 2 atom stereocenters. The van der Waals surface area contributed by atoms with Crippen molar-refractivity contribution in [3.8, 4) is 5.75 Å². The first kappa shape index (κ1) is 19.7. The largest absolute Gasteiger partial charge is 0.494 e. The Bertz CT molecular complexity index is 833. The van der Waals surface area contributed by atoms with E-state index in [0.717, 1.165) is 11.6 Å². The van der Waals surface area contributed by atoms with Gasteiger partial charge in [-0.15, -0.1) is 12.4 Å². The fraction of sp³-hybridized carbons (Fsp3) is 0.294. The van der Waals surface area contributed by atoms with Crippen LogP contribution < -0.4 is 10.5 Å². The summed E-state index contributed by atoms with van der Waals surface area (Å²) < 4.78 is 45.5. The molecule has 0 aromatic heterocycles. The number of benzene rings is 2. The van der Waals surface area contributed by atoms with Crippen molar-refractivity contribution in [3.05, 3.63) is 59.9 Å². The predicted octanol–water partition coefficient (Wildman–Crippen LogP) is 2.37. The number of sulfonamides is 1. The van der Waals surface area contributed by atoms with Crippen LogP contribution in [0.5, 0.6) is 5.75 Å². The minimum atomic E-state index is -3.80. The molecule has 0 saturated carbocycles. The number of ether oxygens (including phenoxy) is 1. The van der Waals surface area contributed by atoms with E-state index >= 15 is 0 Å². The van der Waals surface area contributed by atoms with Gasteiger partial charge in [-0.3, -0.25) is 0 Å². The molecule has 0 amide bonds. The van der Waals surface area contributed by atoms with Gasteiger partial charge in [0.05, 0.1) is 12.0 Å². The Kier molecular flexibility index (Phi) is 6.05. The maximum absolute atomic E-state index is 13.9. The molecule has 2 aromatic rings. The fourth-order valence-corrected chi connectivity index (χ4v) is 4.51. The van der Waals surface area contributed by atoms with E-state index in [1.54, 1.807) is 0 Å². The van der Waals surface area contributed by atoms with Crippen LogP contribution in [0.15, 0.2) is 53.4 Å². The molecule has 8 heteroatoms. The molecule has 1 saturated heterocycles. The summed E-state index contributed by atoms with van der Waals surface area (Å²) in [6, 6.07) is 12.9. The molecule has 2 N–H and O–H groups in total. The molecule has 3 rings (SSSR count). The van der Waals surface area contributed by atoms with Crippen molar-refractivity contribution in [2.75, 3.05) is 20.2 Å². The van der Waals surface area contributed by atoms with Crippen LogP contribution in [0.25, 0.3) is 0 Å². The lowest BCUT2D eigenvalue weighted by Gasteiger charge is -2.17. The van der Waals surface area contributed by atoms with Crippen LogP contribution in [0.3, 0.4) is 0 Å². The second kappa shape index (κ2) is 7.70. The van der Waals surface area contributed by atoms with Crippen LogP contribution in [0.4, 0.5) is 4.39 Å². The van der Waals surface area contributed by atoms with Crippen LogP contribution >= 0.6 is 12.4 Å². The molecule has 136 valence electrons. The van der Waals surface area contributed by atoms with Crippen LogP contribution in [0.2, 0.25) is 0 Å². The van der Waals surface area contributed by atoms with Crippen molar-refractivity contribution in [1.82, 2.24) is 4.31 Å². The number of nitrogens with two attached hydrogens (primary N) is 1. The van der Waals surface area contributed by atoms with Crippen LogP contribution in [0.1, 0.15) is 11.5 Å². The summed E-state index contributed by atoms with van der Waals surface area (Å²) in [5.74, 6) is -0.778. The highest BCUT2D eigenvalue weighted by atomic mass is 35.5. The van der Waals surface area contributed by atoms with Crippen molar-refractivity contribution in [1.29, 1.82) is 0 Å². The predicted molar refractivity (Wildman–Crippen MR) is 96.1 cm³/mol. The Morgan fingerprint density at radius 3 is 2.44 bits per heavy atom. The molecule has 0 bridgehead atoms. The monoisotopic (exact) mass is 386 g/mol. The third-order valence-electron chi connectivity index (χ3n) is 4.32. The highest BCUT2D eigenvalue weighted by molar-refractivity contribution is 7.89. The number of hydrogen-bond donors (Lipinski definition) is 1. The van der Waals surface area contributed by atoms with Gasteiger partial charge in [-0.25, -0.2) is 12.8 Å². The molecule has 0 radical (unpaired) electrons. The van der Waals surface area contributed by atoms with Crippen molar-refractivity contribution in [2.24, 2.45) is 5.73 Å². The highest BCUT2D eigenvalue weighted by Crippen LogP contribution is 2.31. The maximum Gasteiger partial charge on any atom is 0.243 e. The van der Waals surface area contributed by atoms with Crippen LogP contribution in [-0.2, 0) is 10.0 Å². The van der Waals surface area contributed by atoms with Gasteiger partial charge in [0, 0.05) is 25.0 Å². The lowest BCUT2D eigenvalue weighted by Crippen LogP contribution is -2.32. The fourth-order valence-electron chi connectivity index (χ4n) is 3.00. The SMILES string of the molecule is COc1ccc(S(=O)(=O)N2C[C@@H](N)[C@H](c3ccccc3)C2)cc1F.Cl. The van der Waals surface area contributed by atoms with E-state index in [9.17, 15) is 12.8 Å². The van der Waals surface area contributed by atoms with Crippen LogP contribution in [-0.4, -0.2) is 39.0 Å². The molecule has 1 heterocycles. The lowest BCUT2D eigenvalue weighted by molar-refractivity contribution is 0.385. The first-order valence-electron chi connectivity index (χ1n) is 7.57. The number of halogens is 2. The first-order valence-corrected chi connectivity index (χ1v) is 9.01. The Hall–Kier alpha value is -1.67. The van der Waals surface area contributed by atoms with Crippen molar-refractivity contribution >= 4 is 22.4 Å². The summed E-state index contributed by atoms with van der Waals surface area (Å²) >= 11 is 0. The van der Waals surface area contributed by atoms with E-state index < -0.39 is 15.8 Å². The zero-order valence-electron chi connectivity index (χ0n) is 13.6. The summed E-state index contributed by atoms with van der Waals surface area (Å²) in [6.45, 7) is 0.483. The molecule has 2 aromatic carbocycles. The van der Waals surface area contributed by atoms with Gasteiger partial charge in [0.1, 0.15) is 0 Å². The van der Waals surface area contributed by atoms with Gasteiger partial charge in [-0.2, -0.15) is 4.31 Å². The third kappa shape index (κ3) is 3.79. The van der Waals surface area contributed by atoms with Gasteiger partial charge in [0.2, 0.25) is 10.0 Å². The average Bonchev–Trinajstić information content (AvgIpc) is 2.98. The second-order valence-corrected chi connectivity index (χ2v) is 7.74. The summed E-state index contributed by atoms with van der Waals surface area (Å²) in [4.78, 5) is -0.0956. The summed E-state index contributed by atoms with van der Waals surface area (Å²) in [5.41, 5.74) is 7.15. The molecule has 0 unspecified atom stereocenters. The van der Waals surface area contributed by atoms with E-state index in [-0.39, 0.29) is 48.1 Å². The average molecular weight is 387 g/mol. The second-order valence-electron chi connectivity index (χ2n) is 5.80. The zero-order valence-corrected chi connectivity index (χ0v) is 15.3. The van der Waals surface area contributed by atoms with Gasteiger partial charge in [-0.1, -0.05) is 30.3 Å². The van der Waals surface area contributed by atoms with Gasteiger partial charge >= 0.3 is 0 Å². The third-order valence-corrected chi connectivity index (χ3v) is 6.15. The molecular formula is C17H20ClFN2O3S. The van der Waals surface area contributed by atoms with E-state index in [0.29, 0.717) is 0 Å². The smallest absolute Gasteiger partial charge is 0.243 e. The van der Waals surface area contributed by atoms with Gasteiger partial charge in [0.15, 0.2) is 11.6 Å². The molecule has 25 heavy (non-hydrogen) atoms. The number of rotatable bonds is 4. The quantitative estimate of drug-likeness (QED) is 0.875. The van der Waals surface area contributed by atoms with E-state index in [4.69, 9.17) is 10.5 Å². The summed E-state index contributed by atoms with van der Waals surface area (Å²) in [5, 5.41) is 0. The zero-order chi connectivity index (χ0) is 17.3. The van der Waals surface area contributed by atoms with Gasteiger partial charge in [-0.05, 0) is 23.8 Å². The number of hydrogen-bond acceptors (Lipinski definition) is 4. The van der Waals surface area contributed by atoms with Gasteiger partial charge in [0.25, 0.3) is 0 Å². The lowest BCUT2D eigenvalue weighted by atomic mass is 9.95. The number of nitrogens with zero attached hydrogens (tertiary/aromatic N) is 1. The van der Waals surface area contributed by atoms with Gasteiger partial charge < -0.3 is 10.5 Å². The standard InChI is InChI=1S/C17H19FN2O3S.ClH/c1-23-17-8-7-13(9-15(17)18)24(21,22)20-10-14(16(19)11-20)12-5-3-2-4-6-12;/h2-9,14,16H,10-11,19H2,1H3;1H/t14-,16+;/m0./s1. The van der Waals surface area contributed by atoms with E-state index in [1.807, 2.05) is 30.3 Å². The molecular weight excluding hydrogens is 367 g/mol. The van der Waals surface area contributed by atoms with Crippen molar-refractivity contribution in [3.63, 3.8) is 0 Å². The van der Waals surface area contributed by atoms with E-state index in [2.05, 4.69) is 0 Å². The minimum Gasteiger partial charge on any atom is -0.494 e. The Morgan fingerprint density at radius 1 is 1.16 bits per heavy atom. The highest BCUT2D eigenvalue weighted by Gasteiger charge is 2.38. The van der Waals surface area contributed by atoms with Crippen LogP contribution in [0, 0.1) is 5.82 Å². The Balaban J connectivity index is 0.00000225. The Morgan fingerprint density at radius 2 is 1.84 bits per heavy atom. The Labute approximate surface area is 153 Å². The minimum absolute atomic E-state index is 0.